The van der Waals surface area contributed by atoms with Crippen molar-refractivity contribution >= 4 is 5.91 Å². The van der Waals surface area contributed by atoms with E-state index in [2.05, 4.69) is 10.3 Å². The van der Waals surface area contributed by atoms with Crippen molar-refractivity contribution in [2.75, 3.05) is 13.2 Å². The van der Waals surface area contributed by atoms with Gasteiger partial charge in [-0.05, 0) is 30.5 Å². The van der Waals surface area contributed by atoms with Gasteiger partial charge in [0.1, 0.15) is 0 Å². The molecule has 5 heteroatoms. The Kier molecular flexibility index (Phi) is 4.31. The fourth-order valence-corrected chi connectivity index (χ4v) is 2.40. The summed E-state index contributed by atoms with van der Waals surface area (Å²) in [6, 6.07) is 5.77. The Balaban J connectivity index is 1.54. The zero-order chi connectivity index (χ0) is 14.5. The van der Waals surface area contributed by atoms with E-state index in [1.165, 1.54) is 0 Å². The molecule has 0 aliphatic carbocycles. The third-order valence-electron chi connectivity index (χ3n) is 3.70. The molecular formula is C16H18N2O3. The summed E-state index contributed by atoms with van der Waals surface area (Å²) in [5.41, 5.74) is 2.80. The number of nitrogens with one attached hydrogen (secondary N) is 1. The molecule has 21 heavy (non-hydrogen) atoms. The molecule has 0 radical (unpaired) electrons. The quantitative estimate of drug-likeness (QED) is 0.937. The molecule has 1 saturated heterocycles. The molecule has 2 aromatic heterocycles. The SMILES string of the molecule is O=C(NCc1ccc(-c2ccoc2)nc1)C1CCOCC1. The first-order valence-electron chi connectivity index (χ1n) is 7.16. The standard InChI is InChI=1S/C16H18N2O3/c19-16(13-3-6-20-7-4-13)18-10-12-1-2-15(17-9-12)14-5-8-21-11-14/h1-2,5,8-9,11,13H,3-4,6-7,10H2,(H,18,19). The van der Waals surface area contributed by atoms with Crippen LogP contribution in [0.2, 0.25) is 0 Å². The molecule has 5 nitrogen and oxygen atoms in total. The highest BCUT2D eigenvalue weighted by Gasteiger charge is 2.20. The van der Waals surface area contributed by atoms with Gasteiger partial charge < -0.3 is 14.5 Å². The lowest BCUT2D eigenvalue weighted by Gasteiger charge is -2.21. The van der Waals surface area contributed by atoms with E-state index in [0.29, 0.717) is 19.8 Å². The summed E-state index contributed by atoms with van der Waals surface area (Å²) in [5, 5.41) is 2.97. The Morgan fingerprint density at radius 2 is 2.14 bits per heavy atom. The first kappa shape index (κ1) is 13.8. The predicted molar refractivity (Wildman–Crippen MR) is 77.3 cm³/mol. The van der Waals surface area contributed by atoms with Gasteiger partial charge in [-0.25, -0.2) is 0 Å². The monoisotopic (exact) mass is 286 g/mol. The molecule has 0 saturated carbocycles. The van der Waals surface area contributed by atoms with Crippen molar-refractivity contribution in [1.82, 2.24) is 10.3 Å². The van der Waals surface area contributed by atoms with E-state index in [9.17, 15) is 4.79 Å². The fraction of sp³-hybridized carbons (Fsp3) is 0.375. The van der Waals surface area contributed by atoms with Crippen molar-refractivity contribution < 1.29 is 13.9 Å². The molecule has 0 unspecified atom stereocenters. The van der Waals surface area contributed by atoms with E-state index >= 15 is 0 Å². The Bertz CT molecular complexity index is 572. The maximum atomic E-state index is 12.0. The molecule has 1 fully saturated rings. The van der Waals surface area contributed by atoms with Crippen LogP contribution in [0, 0.1) is 5.92 Å². The number of rotatable bonds is 4. The number of amides is 1. The number of carbonyl (C=O) groups excluding carboxylic acids is 1. The molecule has 2 aromatic rings. The minimum atomic E-state index is 0.0805. The van der Waals surface area contributed by atoms with E-state index < -0.39 is 0 Å². The molecule has 1 N–H and O–H groups in total. The van der Waals surface area contributed by atoms with Crippen molar-refractivity contribution in [1.29, 1.82) is 0 Å². The molecule has 0 bridgehead atoms. The van der Waals surface area contributed by atoms with Gasteiger partial charge in [-0.2, -0.15) is 0 Å². The molecular weight excluding hydrogens is 268 g/mol. The highest BCUT2D eigenvalue weighted by molar-refractivity contribution is 5.78. The van der Waals surface area contributed by atoms with Crippen molar-refractivity contribution in [3.05, 3.63) is 42.5 Å². The van der Waals surface area contributed by atoms with Gasteiger partial charge in [0.25, 0.3) is 0 Å². The van der Waals surface area contributed by atoms with Gasteiger partial charge in [-0.1, -0.05) is 6.07 Å². The molecule has 0 aromatic carbocycles. The lowest BCUT2D eigenvalue weighted by Crippen LogP contribution is -2.33. The van der Waals surface area contributed by atoms with E-state index in [0.717, 1.165) is 29.7 Å². The van der Waals surface area contributed by atoms with E-state index in [1.54, 1.807) is 18.7 Å². The minimum Gasteiger partial charge on any atom is -0.472 e. The molecule has 0 atom stereocenters. The van der Waals surface area contributed by atoms with Crippen LogP contribution in [0.1, 0.15) is 18.4 Å². The van der Waals surface area contributed by atoms with Crippen molar-refractivity contribution in [2.24, 2.45) is 5.92 Å². The molecule has 3 heterocycles. The van der Waals surface area contributed by atoms with Crippen LogP contribution < -0.4 is 5.32 Å². The second kappa shape index (κ2) is 6.54. The summed E-state index contributed by atoms with van der Waals surface area (Å²) in [6.45, 7) is 1.87. The van der Waals surface area contributed by atoms with Crippen molar-refractivity contribution in [3.8, 4) is 11.3 Å². The number of ether oxygens (including phenoxy) is 1. The Morgan fingerprint density at radius 3 is 2.81 bits per heavy atom. The number of hydrogen-bond donors (Lipinski definition) is 1. The second-order valence-corrected chi connectivity index (χ2v) is 5.17. The lowest BCUT2D eigenvalue weighted by atomic mass is 9.99. The highest BCUT2D eigenvalue weighted by atomic mass is 16.5. The number of aromatic nitrogens is 1. The van der Waals surface area contributed by atoms with Gasteiger partial charge in [0.15, 0.2) is 0 Å². The first-order chi connectivity index (χ1) is 10.3. The van der Waals surface area contributed by atoms with Gasteiger partial charge in [0, 0.05) is 37.4 Å². The fourth-order valence-electron chi connectivity index (χ4n) is 2.40. The average molecular weight is 286 g/mol. The second-order valence-electron chi connectivity index (χ2n) is 5.17. The topological polar surface area (TPSA) is 64.4 Å². The van der Waals surface area contributed by atoms with E-state index in [-0.39, 0.29) is 11.8 Å². The van der Waals surface area contributed by atoms with E-state index in [1.807, 2.05) is 18.2 Å². The van der Waals surface area contributed by atoms with Gasteiger partial charge >= 0.3 is 0 Å². The average Bonchev–Trinajstić information content (AvgIpc) is 3.08. The summed E-state index contributed by atoms with van der Waals surface area (Å²) in [4.78, 5) is 16.4. The number of nitrogens with zero attached hydrogens (tertiary/aromatic N) is 1. The number of furan rings is 1. The van der Waals surface area contributed by atoms with Gasteiger partial charge in [-0.3, -0.25) is 9.78 Å². The van der Waals surface area contributed by atoms with Crippen LogP contribution >= 0.6 is 0 Å². The number of carbonyl (C=O) groups is 1. The third-order valence-corrected chi connectivity index (χ3v) is 3.70. The Hall–Kier alpha value is -2.14. The molecule has 0 spiro atoms. The van der Waals surface area contributed by atoms with Crippen LogP contribution in [-0.2, 0) is 16.1 Å². The summed E-state index contributed by atoms with van der Waals surface area (Å²) in [5.74, 6) is 0.189. The smallest absolute Gasteiger partial charge is 0.223 e. The number of hydrogen-bond acceptors (Lipinski definition) is 4. The largest absolute Gasteiger partial charge is 0.472 e. The van der Waals surface area contributed by atoms with Gasteiger partial charge in [-0.15, -0.1) is 0 Å². The maximum Gasteiger partial charge on any atom is 0.223 e. The summed E-state index contributed by atoms with van der Waals surface area (Å²) in [7, 11) is 0. The van der Waals surface area contributed by atoms with Gasteiger partial charge in [0.05, 0.1) is 18.2 Å². The predicted octanol–water partition coefficient (Wildman–Crippen LogP) is 2.38. The number of pyridine rings is 1. The molecule has 110 valence electrons. The van der Waals surface area contributed by atoms with Crippen molar-refractivity contribution in [2.45, 2.75) is 19.4 Å². The van der Waals surface area contributed by atoms with Crippen LogP contribution in [0.3, 0.4) is 0 Å². The molecule has 1 aliphatic rings. The highest BCUT2D eigenvalue weighted by Crippen LogP contribution is 2.17. The minimum absolute atomic E-state index is 0.0805. The third kappa shape index (κ3) is 3.49. The maximum absolute atomic E-state index is 12.0. The summed E-state index contributed by atoms with van der Waals surface area (Å²) >= 11 is 0. The van der Waals surface area contributed by atoms with Crippen LogP contribution in [0.5, 0.6) is 0 Å². The Labute approximate surface area is 123 Å². The molecule has 3 rings (SSSR count). The molecule has 1 amide bonds. The zero-order valence-corrected chi connectivity index (χ0v) is 11.7. The van der Waals surface area contributed by atoms with Gasteiger partial charge in [0.2, 0.25) is 5.91 Å². The van der Waals surface area contributed by atoms with Crippen LogP contribution in [-0.4, -0.2) is 24.1 Å². The van der Waals surface area contributed by atoms with E-state index in [4.69, 9.17) is 9.15 Å². The zero-order valence-electron chi connectivity index (χ0n) is 11.7. The van der Waals surface area contributed by atoms with Crippen LogP contribution in [0.25, 0.3) is 11.3 Å². The van der Waals surface area contributed by atoms with Crippen LogP contribution in [0.4, 0.5) is 0 Å². The van der Waals surface area contributed by atoms with Crippen LogP contribution in [0.15, 0.2) is 41.3 Å². The summed E-state index contributed by atoms with van der Waals surface area (Å²) < 4.78 is 10.3. The first-order valence-corrected chi connectivity index (χ1v) is 7.16. The lowest BCUT2D eigenvalue weighted by molar-refractivity contribution is -0.128. The summed E-state index contributed by atoms with van der Waals surface area (Å²) in [6.07, 6.45) is 6.69. The van der Waals surface area contributed by atoms with Crippen molar-refractivity contribution in [3.63, 3.8) is 0 Å². The Morgan fingerprint density at radius 1 is 1.29 bits per heavy atom. The molecule has 1 aliphatic heterocycles. The normalized spacial score (nSPS) is 15.8.